The Labute approximate surface area is 221 Å². The van der Waals surface area contributed by atoms with Crippen molar-refractivity contribution in [2.45, 2.75) is 83.3 Å². The first kappa shape index (κ1) is 29.4. The third-order valence-electron chi connectivity index (χ3n) is 8.34. The van der Waals surface area contributed by atoms with Gasteiger partial charge < -0.3 is 29.7 Å². The summed E-state index contributed by atoms with van der Waals surface area (Å²) >= 11 is 0. The van der Waals surface area contributed by atoms with Crippen LogP contribution in [-0.2, 0) is 14.3 Å². The summed E-state index contributed by atoms with van der Waals surface area (Å²) in [5.41, 5.74) is 0.734. The summed E-state index contributed by atoms with van der Waals surface area (Å²) in [4.78, 5) is 30.2. The molecule has 2 fully saturated rings. The smallest absolute Gasteiger partial charge is 0.444 e. The number of nitriles is 1. The molecule has 3 rings (SSSR count). The van der Waals surface area contributed by atoms with E-state index in [0.717, 1.165) is 50.8 Å². The molecule has 4 atom stereocenters. The van der Waals surface area contributed by atoms with Crippen molar-refractivity contribution in [2.75, 3.05) is 39.4 Å². The summed E-state index contributed by atoms with van der Waals surface area (Å²) < 4.78 is 11.1. The van der Waals surface area contributed by atoms with E-state index in [1.165, 1.54) is 0 Å². The Morgan fingerprint density at radius 1 is 1.27 bits per heavy atom. The zero-order chi connectivity index (χ0) is 27.0. The minimum absolute atomic E-state index is 0.215. The Bertz CT molecular complexity index is 854. The number of nitrogens with zero attached hydrogens (tertiary/aromatic N) is 3. The average Bonchev–Trinajstić information content (AvgIpc) is 3.28. The van der Waals surface area contributed by atoms with Gasteiger partial charge in [-0.15, -0.1) is 0 Å². The summed E-state index contributed by atoms with van der Waals surface area (Å²) in [7, 11) is -1.70. The molecule has 0 saturated carbocycles. The number of carbonyl (C=O) groups excluding carboxylic acids is 2. The fraction of sp³-hybridized carbons (Fsp3) is 0.808. The van der Waals surface area contributed by atoms with Crippen molar-refractivity contribution in [1.82, 2.24) is 15.1 Å². The highest BCUT2D eigenvalue weighted by Crippen LogP contribution is 2.32. The van der Waals surface area contributed by atoms with E-state index in [-0.39, 0.29) is 23.9 Å². The fourth-order valence-corrected chi connectivity index (χ4v) is 5.59. The van der Waals surface area contributed by atoms with Crippen molar-refractivity contribution in [1.29, 1.82) is 5.26 Å². The van der Waals surface area contributed by atoms with Gasteiger partial charge >= 0.3 is 13.2 Å². The number of alkyl carbamates (subject to hydrolysis) is 1. The first-order chi connectivity index (χ1) is 17.6. The molecule has 10 nitrogen and oxygen atoms in total. The van der Waals surface area contributed by atoms with Crippen molar-refractivity contribution >= 4 is 19.1 Å². The normalized spacial score (nSPS) is 23.7. The number of morpholine rings is 1. The van der Waals surface area contributed by atoms with Gasteiger partial charge in [0.25, 0.3) is 0 Å². The molecule has 2 unspecified atom stereocenters. The van der Waals surface area contributed by atoms with E-state index < -0.39 is 31.2 Å². The Kier molecular flexibility index (Phi) is 10.8. The van der Waals surface area contributed by atoms with Crippen LogP contribution in [0, 0.1) is 23.2 Å². The SMILES string of the molecule is CC(C(C#N)C(=O)N1CCCC[C@@H](OC(=O)N[C@@H](CC2=CCCC2)B(O)O)C1)C(C)(C)N1CCOCC1. The van der Waals surface area contributed by atoms with Gasteiger partial charge in [0.2, 0.25) is 5.91 Å². The van der Waals surface area contributed by atoms with E-state index in [2.05, 4.69) is 36.2 Å². The van der Waals surface area contributed by atoms with Gasteiger partial charge in [0.05, 0.1) is 31.8 Å². The van der Waals surface area contributed by atoms with Gasteiger partial charge in [-0.3, -0.25) is 9.69 Å². The van der Waals surface area contributed by atoms with E-state index in [4.69, 9.17) is 9.47 Å². The molecule has 0 radical (unpaired) electrons. The van der Waals surface area contributed by atoms with E-state index in [9.17, 15) is 24.9 Å². The van der Waals surface area contributed by atoms with Crippen LogP contribution in [0.2, 0.25) is 0 Å². The van der Waals surface area contributed by atoms with Crippen LogP contribution in [0.3, 0.4) is 0 Å². The molecular weight excluding hydrogens is 475 g/mol. The summed E-state index contributed by atoms with van der Waals surface area (Å²) in [6.45, 7) is 9.64. The van der Waals surface area contributed by atoms with Crippen LogP contribution in [0.1, 0.15) is 65.7 Å². The predicted molar refractivity (Wildman–Crippen MR) is 139 cm³/mol. The van der Waals surface area contributed by atoms with E-state index in [1.54, 1.807) is 4.90 Å². The third-order valence-corrected chi connectivity index (χ3v) is 8.34. The number of allylic oxidation sites excluding steroid dienone is 1. The second-order valence-electron chi connectivity index (χ2n) is 11.1. The van der Waals surface area contributed by atoms with E-state index >= 15 is 0 Å². The van der Waals surface area contributed by atoms with Crippen LogP contribution in [0.15, 0.2) is 11.6 Å². The molecule has 0 bridgehead atoms. The van der Waals surface area contributed by atoms with Crippen molar-refractivity contribution < 1.29 is 29.1 Å². The molecule has 2 heterocycles. The molecule has 37 heavy (non-hydrogen) atoms. The third kappa shape index (κ3) is 7.93. The standard InChI is InChI=1S/C26H43BN4O6/c1-19(26(2,3)31-12-14-36-15-13-31)22(17-28)24(32)30-11-7-6-10-21(18-30)37-25(33)29-23(27(34)35)16-20-8-4-5-9-20/h8,19,21-23,34-35H,4-7,9-16,18H2,1-3H3,(H,29,33)/t19?,21-,22?,23+/m1/s1. The maximum atomic E-state index is 13.6. The minimum atomic E-state index is -1.70. The number of hydrogen-bond acceptors (Lipinski definition) is 8. The summed E-state index contributed by atoms with van der Waals surface area (Å²) in [5.74, 6) is -2.12. The maximum absolute atomic E-state index is 13.6. The molecule has 11 heteroatoms. The predicted octanol–water partition coefficient (Wildman–Crippen LogP) is 1.86. The molecular formula is C26H43BN4O6. The molecule has 0 aromatic heterocycles. The molecule has 206 valence electrons. The molecule has 0 aromatic rings. The molecule has 0 aromatic carbocycles. The molecule has 3 aliphatic rings. The van der Waals surface area contributed by atoms with Gasteiger partial charge in [0.15, 0.2) is 0 Å². The van der Waals surface area contributed by atoms with Crippen LogP contribution in [-0.4, -0.2) is 95.9 Å². The quantitative estimate of drug-likeness (QED) is 0.311. The van der Waals surface area contributed by atoms with Crippen molar-refractivity contribution in [2.24, 2.45) is 11.8 Å². The number of rotatable bonds is 9. The lowest BCUT2D eigenvalue weighted by molar-refractivity contribution is -0.138. The summed E-state index contributed by atoms with van der Waals surface area (Å²) in [6, 6.07) is 2.26. The number of ether oxygens (including phenoxy) is 2. The van der Waals surface area contributed by atoms with Crippen molar-refractivity contribution in [3.05, 3.63) is 11.6 Å². The number of likely N-dealkylation sites (tertiary alicyclic amines) is 1. The van der Waals surface area contributed by atoms with Gasteiger partial charge in [-0.1, -0.05) is 18.6 Å². The molecule has 3 N–H and O–H groups in total. The van der Waals surface area contributed by atoms with Gasteiger partial charge in [-0.25, -0.2) is 4.79 Å². The molecule has 2 amide bonds. The zero-order valence-corrected chi connectivity index (χ0v) is 22.5. The first-order valence-electron chi connectivity index (χ1n) is 13.7. The number of carbonyl (C=O) groups is 2. The van der Waals surface area contributed by atoms with Crippen molar-refractivity contribution in [3.63, 3.8) is 0 Å². The second kappa shape index (κ2) is 13.6. The van der Waals surface area contributed by atoms with Crippen LogP contribution in [0.25, 0.3) is 0 Å². The molecule has 2 aliphatic heterocycles. The lowest BCUT2D eigenvalue weighted by Crippen LogP contribution is -2.56. The lowest BCUT2D eigenvalue weighted by atomic mass is 9.76. The van der Waals surface area contributed by atoms with Crippen LogP contribution in [0.5, 0.6) is 0 Å². The zero-order valence-electron chi connectivity index (χ0n) is 22.5. The maximum Gasteiger partial charge on any atom is 0.475 e. The van der Waals surface area contributed by atoms with Gasteiger partial charge in [-0.05, 0) is 64.7 Å². The van der Waals surface area contributed by atoms with Gasteiger partial charge in [0.1, 0.15) is 12.0 Å². The Balaban J connectivity index is 1.60. The second-order valence-corrected chi connectivity index (χ2v) is 11.1. The van der Waals surface area contributed by atoms with Gasteiger partial charge in [-0.2, -0.15) is 5.26 Å². The topological polar surface area (TPSA) is 135 Å². The fourth-order valence-electron chi connectivity index (χ4n) is 5.59. The Morgan fingerprint density at radius 3 is 2.62 bits per heavy atom. The Morgan fingerprint density at radius 2 is 2.00 bits per heavy atom. The first-order valence-corrected chi connectivity index (χ1v) is 13.7. The van der Waals surface area contributed by atoms with Crippen LogP contribution in [0.4, 0.5) is 4.79 Å². The van der Waals surface area contributed by atoms with Crippen LogP contribution >= 0.6 is 0 Å². The van der Waals surface area contributed by atoms with Crippen molar-refractivity contribution in [3.8, 4) is 6.07 Å². The Hall–Kier alpha value is -2.13. The van der Waals surface area contributed by atoms with Crippen LogP contribution < -0.4 is 5.32 Å². The van der Waals surface area contributed by atoms with E-state index in [1.807, 2.05) is 6.92 Å². The molecule has 1 aliphatic carbocycles. The summed E-state index contributed by atoms with van der Waals surface area (Å²) in [5, 5.41) is 32.1. The monoisotopic (exact) mass is 518 g/mol. The average molecular weight is 518 g/mol. The number of nitrogens with one attached hydrogen (secondary N) is 1. The molecule has 0 spiro atoms. The summed E-state index contributed by atoms with van der Waals surface area (Å²) in [6.07, 6.45) is 6.21. The van der Waals surface area contributed by atoms with Gasteiger partial charge in [0, 0.05) is 25.2 Å². The highest BCUT2D eigenvalue weighted by Gasteiger charge is 2.42. The minimum Gasteiger partial charge on any atom is -0.444 e. The largest absolute Gasteiger partial charge is 0.475 e. The number of hydrogen-bond donors (Lipinski definition) is 3. The highest BCUT2D eigenvalue weighted by atomic mass is 16.6. The lowest BCUT2D eigenvalue weighted by Gasteiger charge is -2.46. The molecule has 2 saturated heterocycles. The number of amides is 2. The highest BCUT2D eigenvalue weighted by molar-refractivity contribution is 6.43. The van der Waals surface area contributed by atoms with E-state index in [0.29, 0.717) is 32.6 Å².